The Morgan fingerprint density at radius 3 is 2.60 bits per heavy atom. The molecule has 0 bridgehead atoms. The lowest BCUT2D eigenvalue weighted by atomic mass is 10.1. The van der Waals surface area contributed by atoms with Crippen molar-refractivity contribution in [2.75, 3.05) is 23.0 Å². The summed E-state index contributed by atoms with van der Waals surface area (Å²) in [6, 6.07) is 21.7. The molecule has 6 nitrogen and oxygen atoms in total. The van der Waals surface area contributed by atoms with E-state index in [2.05, 4.69) is 26.1 Å². The van der Waals surface area contributed by atoms with Crippen molar-refractivity contribution in [1.29, 1.82) is 0 Å². The Kier molecular flexibility index (Phi) is 6.06. The van der Waals surface area contributed by atoms with Crippen molar-refractivity contribution in [3.05, 3.63) is 71.2 Å². The average Bonchev–Trinajstić information content (AvgIpc) is 3.13. The summed E-state index contributed by atoms with van der Waals surface area (Å²) in [6.07, 6.45) is 0. The van der Waals surface area contributed by atoms with Gasteiger partial charge in [-0.2, -0.15) is 0 Å². The molecule has 30 heavy (non-hydrogen) atoms. The normalized spacial score (nSPS) is 11.0. The molecule has 0 aliphatic carbocycles. The smallest absolute Gasteiger partial charge is 0.237 e. The molecular weight excluding hydrogens is 462 g/mol. The Bertz CT molecular complexity index is 1200. The van der Waals surface area contributed by atoms with Gasteiger partial charge in [0, 0.05) is 22.0 Å². The van der Waals surface area contributed by atoms with Gasteiger partial charge in [0.05, 0.1) is 11.4 Å². The van der Waals surface area contributed by atoms with Crippen molar-refractivity contribution in [3.63, 3.8) is 0 Å². The number of amides is 1. The SMILES string of the molecule is CCN(C(=O)CSc1nnc(-c2ccccc2Br)n1N)c1cccc2ccccc12. The maximum absolute atomic E-state index is 13.0. The highest BCUT2D eigenvalue weighted by molar-refractivity contribution is 9.10. The molecule has 0 saturated heterocycles. The number of hydrogen-bond acceptors (Lipinski definition) is 5. The van der Waals surface area contributed by atoms with Crippen molar-refractivity contribution >= 4 is 50.1 Å². The molecule has 0 radical (unpaired) electrons. The van der Waals surface area contributed by atoms with Gasteiger partial charge in [-0.05, 0) is 30.5 Å². The second-order valence-electron chi connectivity index (χ2n) is 6.58. The summed E-state index contributed by atoms with van der Waals surface area (Å²) in [4.78, 5) is 14.8. The fourth-order valence-corrected chi connectivity index (χ4v) is 4.53. The van der Waals surface area contributed by atoms with E-state index in [1.54, 1.807) is 4.90 Å². The first-order valence-electron chi connectivity index (χ1n) is 9.46. The van der Waals surface area contributed by atoms with Crippen LogP contribution < -0.4 is 10.7 Å². The van der Waals surface area contributed by atoms with Gasteiger partial charge in [0.1, 0.15) is 0 Å². The number of fused-ring (bicyclic) bond motifs is 1. The standard InChI is InChI=1S/C22H20BrN5OS/c1-2-27(19-13-7-9-15-8-3-4-10-16(15)19)20(29)14-30-22-26-25-21(28(22)24)17-11-5-6-12-18(17)23/h3-13H,2,14,24H2,1H3. The zero-order valence-corrected chi connectivity index (χ0v) is 18.7. The van der Waals surface area contributed by atoms with Crippen molar-refractivity contribution < 1.29 is 4.79 Å². The fourth-order valence-electron chi connectivity index (χ4n) is 3.33. The van der Waals surface area contributed by atoms with Crippen LogP contribution in [0.2, 0.25) is 0 Å². The Morgan fingerprint density at radius 2 is 1.80 bits per heavy atom. The van der Waals surface area contributed by atoms with Crippen LogP contribution in [0.1, 0.15) is 6.92 Å². The number of benzene rings is 3. The number of hydrogen-bond donors (Lipinski definition) is 1. The third kappa shape index (κ3) is 3.93. The Balaban J connectivity index is 1.54. The van der Waals surface area contributed by atoms with E-state index in [0.717, 1.165) is 26.5 Å². The Hall–Kier alpha value is -2.84. The minimum atomic E-state index is -0.00991. The van der Waals surface area contributed by atoms with E-state index in [9.17, 15) is 4.79 Å². The van der Waals surface area contributed by atoms with Crippen LogP contribution in [0.15, 0.2) is 76.4 Å². The number of thioether (sulfide) groups is 1. The number of carbonyl (C=O) groups excluding carboxylic acids is 1. The van der Waals surface area contributed by atoms with Crippen LogP contribution >= 0.6 is 27.7 Å². The minimum absolute atomic E-state index is 0.00991. The Morgan fingerprint density at radius 1 is 1.07 bits per heavy atom. The highest BCUT2D eigenvalue weighted by atomic mass is 79.9. The zero-order chi connectivity index (χ0) is 21.1. The molecule has 0 unspecified atom stereocenters. The molecule has 0 fully saturated rings. The van der Waals surface area contributed by atoms with Crippen LogP contribution in [-0.4, -0.2) is 33.1 Å². The number of rotatable bonds is 6. The highest BCUT2D eigenvalue weighted by Crippen LogP contribution is 2.30. The van der Waals surface area contributed by atoms with Gasteiger partial charge in [-0.25, -0.2) is 4.68 Å². The monoisotopic (exact) mass is 481 g/mol. The van der Waals surface area contributed by atoms with Crippen LogP contribution in [0.5, 0.6) is 0 Å². The first kappa shape index (κ1) is 20.4. The van der Waals surface area contributed by atoms with Crippen molar-refractivity contribution in [2.24, 2.45) is 0 Å². The van der Waals surface area contributed by atoms with Gasteiger partial charge in [-0.15, -0.1) is 10.2 Å². The number of aromatic nitrogens is 3. The third-order valence-electron chi connectivity index (χ3n) is 4.78. The molecule has 4 rings (SSSR count). The number of halogens is 1. The Labute approximate surface area is 187 Å². The van der Waals surface area contributed by atoms with Gasteiger partial charge in [0.2, 0.25) is 11.1 Å². The predicted octanol–water partition coefficient (Wildman–Crippen LogP) is 4.72. The second-order valence-corrected chi connectivity index (χ2v) is 8.38. The molecule has 8 heteroatoms. The van der Waals surface area contributed by atoms with Gasteiger partial charge in [0.25, 0.3) is 0 Å². The second kappa shape index (κ2) is 8.89. The molecular formula is C22H20BrN5OS. The maximum Gasteiger partial charge on any atom is 0.237 e. The van der Waals surface area contributed by atoms with E-state index < -0.39 is 0 Å². The number of carbonyl (C=O) groups is 1. The van der Waals surface area contributed by atoms with Crippen LogP contribution in [0.3, 0.4) is 0 Å². The van der Waals surface area contributed by atoms with E-state index in [1.165, 1.54) is 16.4 Å². The van der Waals surface area contributed by atoms with Crippen molar-refractivity contribution in [2.45, 2.75) is 12.1 Å². The lowest BCUT2D eigenvalue weighted by molar-refractivity contribution is -0.116. The van der Waals surface area contributed by atoms with E-state index in [0.29, 0.717) is 17.5 Å². The highest BCUT2D eigenvalue weighted by Gasteiger charge is 2.19. The lowest BCUT2D eigenvalue weighted by Gasteiger charge is -2.22. The van der Waals surface area contributed by atoms with Gasteiger partial charge in [0.15, 0.2) is 5.82 Å². The molecule has 0 aliphatic heterocycles. The summed E-state index contributed by atoms with van der Waals surface area (Å²) >= 11 is 4.79. The van der Waals surface area contributed by atoms with Gasteiger partial charge in [-0.3, -0.25) is 4.79 Å². The quantitative estimate of drug-likeness (QED) is 0.318. The molecule has 4 aromatic rings. The van der Waals surface area contributed by atoms with Crippen molar-refractivity contribution in [1.82, 2.24) is 14.9 Å². The van der Waals surface area contributed by atoms with E-state index in [1.807, 2.05) is 73.7 Å². The predicted molar refractivity (Wildman–Crippen MR) is 126 cm³/mol. The molecule has 1 amide bonds. The van der Waals surface area contributed by atoms with Crippen LogP contribution in [0.4, 0.5) is 5.69 Å². The molecule has 0 spiro atoms. The number of anilines is 1. The molecule has 0 aliphatic rings. The molecule has 1 aromatic heterocycles. The lowest BCUT2D eigenvalue weighted by Crippen LogP contribution is -2.32. The minimum Gasteiger partial charge on any atom is -0.335 e. The molecule has 0 atom stereocenters. The first-order chi connectivity index (χ1) is 14.6. The topological polar surface area (TPSA) is 77.0 Å². The zero-order valence-electron chi connectivity index (χ0n) is 16.3. The third-order valence-corrected chi connectivity index (χ3v) is 6.40. The van der Waals surface area contributed by atoms with Crippen molar-refractivity contribution in [3.8, 4) is 11.4 Å². The van der Waals surface area contributed by atoms with E-state index >= 15 is 0 Å². The van der Waals surface area contributed by atoms with Crippen LogP contribution in [0, 0.1) is 0 Å². The van der Waals surface area contributed by atoms with Crippen LogP contribution in [0.25, 0.3) is 22.2 Å². The van der Waals surface area contributed by atoms with Gasteiger partial charge in [-0.1, -0.05) is 76.2 Å². The summed E-state index contributed by atoms with van der Waals surface area (Å²) < 4.78 is 2.30. The maximum atomic E-state index is 13.0. The number of nitrogens with zero attached hydrogens (tertiary/aromatic N) is 4. The largest absolute Gasteiger partial charge is 0.335 e. The number of nitrogen functional groups attached to an aromatic ring is 1. The average molecular weight is 482 g/mol. The summed E-state index contributed by atoms with van der Waals surface area (Å²) in [7, 11) is 0. The molecule has 152 valence electrons. The number of nitrogens with two attached hydrogens (primary N) is 1. The summed E-state index contributed by atoms with van der Waals surface area (Å²) in [6.45, 7) is 2.55. The van der Waals surface area contributed by atoms with Crippen LogP contribution in [-0.2, 0) is 4.79 Å². The van der Waals surface area contributed by atoms with Gasteiger partial charge >= 0.3 is 0 Å². The first-order valence-corrected chi connectivity index (χ1v) is 11.2. The fraction of sp³-hybridized carbons (Fsp3) is 0.136. The summed E-state index contributed by atoms with van der Waals surface area (Å²) in [5, 5.41) is 11.0. The van der Waals surface area contributed by atoms with E-state index in [4.69, 9.17) is 5.84 Å². The summed E-state index contributed by atoms with van der Waals surface area (Å²) in [5.74, 6) is 6.95. The molecule has 3 aromatic carbocycles. The molecule has 2 N–H and O–H groups in total. The molecule has 0 saturated carbocycles. The van der Waals surface area contributed by atoms with E-state index in [-0.39, 0.29) is 11.7 Å². The summed E-state index contributed by atoms with van der Waals surface area (Å²) in [5.41, 5.74) is 1.75. The molecule has 1 heterocycles. The van der Waals surface area contributed by atoms with Gasteiger partial charge < -0.3 is 10.7 Å².